The van der Waals surface area contributed by atoms with Crippen LogP contribution in [0.15, 0.2) is 35.1 Å². The van der Waals surface area contributed by atoms with Gasteiger partial charge in [-0.1, -0.05) is 44.1 Å². The number of phenolic OH excluding ortho intramolecular Hbond substituents is 1. The predicted octanol–water partition coefficient (Wildman–Crippen LogP) is 7.64. The molecule has 0 aliphatic rings. The molecular formula is C27H40O3. The van der Waals surface area contributed by atoms with Crippen LogP contribution in [0.2, 0.25) is 0 Å². The summed E-state index contributed by atoms with van der Waals surface area (Å²) in [5.41, 5.74) is 5.30. The normalized spacial score (nSPS) is 11.5. The third-order valence-electron chi connectivity index (χ3n) is 5.10. The molecule has 0 aliphatic heterocycles. The SMILES string of the molecule is CC=C(CC)Oc1c(CC=C(C)C)c(C)c(C(=O)CC(C)C)c(O)c1CC=C(C)C. The Bertz CT molecular complexity index is 796. The highest BCUT2D eigenvalue weighted by atomic mass is 16.5. The van der Waals surface area contributed by atoms with Gasteiger partial charge in [0, 0.05) is 24.0 Å². The van der Waals surface area contributed by atoms with E-state index in [9.17, 15) is 9.90 Å². The molecule has 1 aromatic rings. The van der Waals surface area contributed by atoms with E-state index in [1.54, 1.807) is 0 Å². The Morgan fingerprint density at radius 1 is 1.03 bits per heavy atom. The number of carbonyl (C=O) groups is 1. The maximum Gasteiger partial charge on any atom is 0.167 e. The zero-order valence-electron chi connectivity index (χ0n) is 20.4. The predicted molar refractivity (Wildman–Crippen MR) is 128 cm³/mol. The largest absolute Gasteiger partial charge is 0.507 e. The molecule has 30 heavy (non-hydrogen) atoms. The first kappa shape index (κ1) is 25.7. The van der Waals surface area contributed by atoms with E-state index in [0.717, 1.165) is 28.9 Å². The van der Waals surface area contributed by atoms with E-state index in [4.69, 9.17) is 4.74 Å². The number of rotatable bonds is 10. The topological polar surface area (TPSA) is 46.5 Å². The van der Waals surface area contributed by atoms with Crippen LogP contribution in [-0.2, 0) is 12.8 Å². The van der Waals surface area contributed by atoms with Gasteiger partial charge < -0.3 is 9.84 Å². The second-order valence-electron chi connectivity index (χ2n) is 8.84. The van der Waals surface area contributed by atoms with Crippen molar-refractivity contribution in [3.63, 3.8) is 0 Å². The molecule has 1 rings (SSSR count). The summed E-state index contributed by atoms with van der Waals surface area (Å²) in [6, 6.07) is 0. The molecule has 1 N–H and O–H groups in total. The third kappa shape index (κ3) is 6.90. The number of ketones is 1. The molecule has 0 aliphatic carbocycles. The smallest absolute Gasteiger partial charge is 0.167 e. The quantitative estimate of drug-likeness (QED) is 0.244. The molecule has 0 atom stereocenters. The molecule has 0 fully saturated rings. The van der Waals surface area contributed by atoms with E-state index >= 15 is 0 Å². The van der Waals surface area contributed by atoms with Crippen molar-refractivity contribution < 1.29 is 14.6 Å². The Balaban J connectivity index is 3.89. The highest BCUT2D eigenvalue weighted by Gasteiger charge is 2.26. The number of carbonyl (C=O) groups excluding carboxylic acids is 1. The van der Waals surface area contributed by atoms with E-state index in [2.05, 4.69) is 26.0 Å². The minimum Gasteiger partial charge on any atom is -0.507 e. The van der Waals surface area contributed by atoms with Gasteiger partial charge in [0.25, 0.3) is 0 Å². The maximum absolute atomic E-state index is 13.1. The maximum atomic E-state index is 13.1. The zero-order chi connectivity index (χ0) is 23.0. The Morgan fingerprint density at radius 2 is 1.57 bits per heavy atom. The first-order valence-corrected chi connectivity index (χ1v) is 11.0. The molecule has 3 nitrogen and oxygen atoms in total. The number of aromatic hydroxyl groups is 1. The van der Waals surface area contributed by atoms with Gasteiger partial charge in [-0.25, -0.2) is 0 Å². The van der Waals surface area contributed by atoms with Gasteiger partial charge in [0.05, 0.1) is 11.3 Å². The second kappa shape index (κ2) is 11.8. The van der Waals surface area contributed by atoms with Crippen LogP contribution in [-0.4, -0.2) is 10.9 Å². The summed E-state index contributed by atoms with van der Waals surface area (Å²) in [5, 5.41) is 11.2. The lowest BCUT2D eigenvalue weighted by atomic mass is 9.88. The van der Waals surface area contributed by atoms with Crippen LogP contribution in [0.1, 0.15) is 95.3 Å². The van der Waals surface area contributed by atoms with Gasteiger partial charge >= 0.3 is 0 Å². The number of benzene rings is 1. The van der Waals surface area contributed by atoms with Gasteiger partial charge in [0.15, 0.2) is 5.78 Å². The fourth-order valence-corrected chi connectivity index (χ4v) is 3.39. The minimum absolute atomic E-state index is 0.00908. The summed E-state index contributed by atoms with van der Waals surface area (Å²) in [7, 11) is 0. The average molecular weight is 413 g/mol. The van der Waals surface area contributed by atoms with Crippen LogP contribution in [0.5, 0.6) is 11.5 Å². The standard InChI is InChI=1S/C27H40O3/c1-10-21(11-2)30-27-22(14-12-17(3)4)20(9)25(24(28)16-19(7)8)26(29)23(27)15-13-18(5)6/h10,12-13,19,29H,11,14-16H2,1-9H3. The molecule has 0 unspecified atom stereocenters. The molecule has 0 heterocycles. The summed E-state index contributed by atoms with van der Waals surface area (Å²) in [6.07, 6.45) is 8.53. The van der Waals surface area contributed by atoms with Crippen LogP contribution in [0.3, 0.4) is 0 Å². The summed E-state index contributed by atoms with van der Waals surface area (Å²) < 4.78 is 6.35. The number of hydrogen-bond acceptors (Lipinski definition) is 3. The first-order valence-electron chi connectivity index (χ1n) is 11.0. The molecular weight excluding hydrogens is 372 g/mol. The van der Waals surface area contributed by atoms with Crippen molar-refractivity contribution in [2.45, 2.75) is 88.0 Å². The lowest BCUT2D eigenvalue weighted by Gasteiger charge is -2.23. The van der Waals surface area contributed by atoms with Crippen LogP contribution in [0, 0.1) is 12.8 Å². The van der Waals surface area contributed by atoms with Crippen molar-refractivity contribution in [2.75, 3.05) is 0 Å². The molecule has 0 amide bonds. The van der Waals surface area contributed by atoms with Gasteiger partial charge in [0.1, 0.15) is 11.5 Å². The summed E-state index contributed by atoms with van der Waals surface area (Å²) in [5.74, 6) is 1.83. The zero-order valence-corrected chi connectivity index (χ0v) is 20.4. The Morgan fingerprint density at radius 3 is 2.00 bits per heavy atom. The monoisotopic (exact) mass is 412 g/mol. The molecule has 0 saturated heterocycles. The van der Waals surface area contributed by atoms with Gasteiger partial charge in [0.2, 0.25) is 0 Å². The van der Waals surface area contributed by atoms with Crippen LogP contribution >= 0.6 is 0 Å². The van der Waals surface area contributed by atoms with Gasteiger partial charge in [-0.2, -0.15) is 0 Å². The number of hydrogen-bond donors (Lipinski definition) is 1. The molecule has 3 heteroatoms. The van der Waals surface area contributed by atoms with Crippen molar-refractivity contribution in [3.8, 4) is 11.5 Å². The molecule has 0 radical (unpaired) electrons. The minimum atomic E-state index is -0.00908. The number of ether oxygens (including phenoxy) is 1. The summed E-state index contributed by atoms with van der Waals surface area (Å²) >= 11 is 0. The van der Waals surface area contributed by atoms with Gasteiger partial charge in [-0.15, -0.1) is 0 Å². The van der Waals surface area contributed by atoms with Gasteiger partial charge in [-0.3, -0.25) is 4.79 Å². The third-order valence-corrected chi connectivity index (χ3v) is 5.10. The Kier molecular flexibility index (Phi) is 10.1. The van der Waals surface area contributed by atoms with Crippen LogP contribution < -0.4 is 4.74 Å². The number of allylic oxidation sites excluding steroid dienone is 6. The second-order valence-corrected chi connectivity index (χ2v) is 8.84. The molecule has 0 bridgehead atoms. The first-order chi connectivity index (χ1) is 14.0. The van der Waals surface area contributed by atoms with Crippen molar-refractivity contribution in [2.24, 2.45) is 5.92 Å². The van der Waals surface area contributed by atoms with E-state index in [-0.39, 0.29) is 17.5 Å². The molecule has 0 aromatic heterocycles. The number of Topliss-reactive ketones (excluding diaryl/α,β-unsaturated/α-hetero) is 1. The highest BCUT2D eigenvalue weighted by Crippen LogP contribution is 2.41. The lowest BCUT2D eigenvalue weighted by Crippen LogP contribution is -2.12. The van der Waals surface area contributed by atoms with Crippen molar-refractivity contribution in [1.82, 2.24) is 0 Å². The van der Waals surface area contributed by atoms with Crippen molar-refractivity contribution in [1.29, 1.82) is 0 Å². The van der Waals surface area contributed by atoms with Crippen LogP contribution in [0.4, 0.5) is 0 Å². The van der Waals surface area contributed by atoms with E-state index < -0.39 is 0 Å². The fraction of sp³-hybridized carbons (Fsp3) is 0.519. The molecule has 0 saturated carbocycles. The molecule has 166 valence electrons. The highest BCUT2D eigenvalue weighted by molar-refractivity contribution is 6.01. The van der Waals surface area contributed by atoms with Crippen molar-refractivity contribution >= 4 is 5.78 Å². The van der Waals surface area contributed by atoms with Crippen molar-refractivity contribution in [3.05, 3.63) is 57.4 Å². The van der Waals surface area contributed by atoms with E-state index in [0.29, 0.717) is 36.1 Å². The van der Waals surface area contributed by atoms with E-state index in [1.807, 2.05) is 54.5 Å². The fourth-order valence-electron chi connectivity index (χ4n) is 3.39. The Labute approximate surface area is 183 Å². The molecule has 0 spiro atoms. The number of phenols is 1. The van der Waals surface area contributed by atoms with E-state index in [1.165, 1.54) is 5.57 Å². The summed E-state index contributed by atoms with van der Waals surface area (Å²) in [4.78, 5) is 13.1. The van der Waals surface area contributed by atoms with Gasteiger partial charge in [-0.05, 0) is 71.9 Å². The lowest BCUT2D eigenvalue weighted by molar-refractivity contribution is 0.0964. The van der Waals surface area contributed by atoms with Crippen LogP contribution in [0.25, 0.3) is 0 Å². The average Bonchev–Trinajstić information content (AvgIpc) is 2.63. The summed E-state index contributed by atoms with van der Waals surface area (Å²) in [6.45, 7) is 18.2. The molecule has 1 aromatic carbocycles. The Hall–Kier alpha value is -2.29.